The summed E-state index contributed by atoms with van der Waals surface area (Å²) < 4.78 is 20.1. The molecule has 0 saturated heterocycles. The molecule has 92 valence electrons. The van der Waals surface area contributed by atoms with Gasteiger partial charge in [0.15, 0.2) is 0 Å². The van der Waals surface area contributed by atoms with Gasteiger partial charge in [-0.05, 0) is 6.42 Å². The van der Waals surface area contributed by atoms with E-state index in [1.807, 2.05) is 0 Å². The number of ether oxygens (including phenoxy) is 4. The van der Waals surface area contributed by atoms with Gasteiger partial charge in [-0.3, -0.25) is 0 Å². The topological polar surface area (TPSA) is 57.2 Å². The van der Waals surface area contributed by atoms with E-state index >= 15 is 0 Å². The normalized spacial score (nSPS) is 10.8. The average molecular weight is 222 g/mol. The summed E-state index contributed by atoms with van der Waals surface area (Å²) in [6, 6.07) is 0. The summed E-state index contributed by atoms with van der Waals surface area (Å²) in [5.41, 5.74) is 0. The number of aliphatic hydroxyl groups is 1. The van der Waals surface area contributed by atoms with Crippen LogP contribution in [-0.4, -0.2) is 51.7 Å². The largest absolute Gasteiger partial charge is 0.379 e. The van der Waals surface area contributed by atoms with Crippen molar-refractivity contribution in [3.05, 3.63) is 0 Å². The lowest BCUT2D eigenvalue weighted by Gasteiger charge is -2.06. The highest BCUT2D eigenvalue weighted by Gasteiger charge is 1.91. The molecule has 1 N–H and O–H groups in total. The number of hydrogen-bond acceptors (Lipinski definition) is 5. The van der Waals surface area contributed by atoms with Gasteiger partial charge in [-0.25, -0.2) is 0 Å². The summed E-state index contributed by atoms with van der Waals surface area (Å²) in [6.07, 6.45) is 2.25. The van der Waals surface area contributed by atoms with Gasteiger partial charge in [0.05, 0.1) is 26.4 Å². The van der Waals surface area contributed by atoms with E-state index in [0.717, 1.165) is 19.4 Å². The van der Waals surface area contributed by atoms with Crippen molar-refractivity contribution in [3.63, 3.8) is 0 Å². The molecule has 0 radical (unpaired) electrons. The standard InChI is InChI=1S/C10H22O5/c1-2-3-4-12-5-6-13-7-8-14-10-15-9-11/h11H,2-10H2,1H3. The first kappa shape index (κ1) is 14.8. The Morgan fingerprint density at radius 3 is 2.00 bits per heavy atom. The highest BCUT2D eigenvalue weighted by atomic mass is 16.7. The van der Waals surface area contributed by atoms with Crippen LogP contribution in [0.4, 0.5) is 0 Å². The molecule has 0 unspecified atom stereocenters. The second-order valence-electron chi connectivity index (χ2n) is 2.94. The van der Waals surface area contributed by atoms with Crippen LogP contribution in [0.15, 0.2) is 0 Å². The van der Waals surface area contributed by atoms with Crippen molar-refractivity contribution >= 4 is 0 Å². The Kier molecular flexibility index (Phi) is 13.6. The zero-order valence-corrected chi connectivity index (χ0v) is 9.44. The van der Waals surface area contributed by atoms with Gasteiger partial charge >= 0.3 is 0 Å². The Morgan fingerprint density at radius 1 is 0.800 bits per heavy atom. The van der Waals surface area contributed by atoms with Gasteiger partial charge in [0, 0.05) is 6.61 Å². The lowest BCUT2D eigenvalue weighted by atomic mass is 10.4. The third kappa shape index (κ3) is 13.8. The van der Waals surface area contributed by atoms with Gasteiger partial charge in [-0.15, -0.1) is 0 Å². The maximum Gasteiger partial charge on any atom is 0.149 e. The maximum absolute atomic E-state index is 8.26. The quantitative estimate of drug-likeness (QED) is 0.390. The predicted molar refractivity (Wildman–Crippen MR) is 55.5 cm³/mol. The highest BCUT2D eigenvalue weighted by Crippen LogP contribution is 1.88. The van der Waals surface area contributed by atoms with Crippen molar-refractivity contribution < 1.29 is 24.1 Å². The van der Waals surface area contributed by atoms with Gasteiger partial charge in [-0.2, -0.15) is 0 Å². The molecule has 0 aromatic rings. The molecule has 0 aliphatic carbocycles. The van der Waals surface area contributed by atoms with Crippen molar-refractivity contribution in [1.82, 2.24) is 0 Å². The van der Waals surface area contributed by atoms with Crippen molar-refractivity contribution in [3.8, 4) is 0 Å². The number of hydrogen-bond donors (Lipinski definition) is 1. The second kappa shape index (κ2) is 13.8. The number of aliphatic hydroxyl groups excluding tert-OH is 1. The monoisotopic (exact) mass is 222 g/mol. The molecule has 0 atom stereocenters. The van der Waals surface area contributed by atoms with Crippen molar-refractivity contribution in [2.45, 2.75) is 19.8 Å². The SMILES string of the molecule is CCCCOCCOCCOCOCO. The molecule has 5 heteroatoms. The summed E-state index contributed by atoms with van der Waals surface area (Å²) in [4.78, 5) is 0. The zero-order chi connectivity index (χ0) is 11.2. The second-order valence-corrected chi connectivity index (χ2v) is 2.94. The Labute approximate surface area is 91.3 Å². The molecule has 0 aliphatic rings. The third-order valence-corrected chi connectivity index (χ3v) is 1.64. The van der Waals surface area contributed by atoms with Crippen LogP contribution in [0.2, 0.25) is 0 Å². The minimum Gasteiger partial charge on any atom is -0.379 e. The summed E-state index contributed by atoms with van der Waals surface area (Å²) in [5, 5.41) is 8.26. The van der Waals surface area contributed by atoms with Crippen molar-refractivity contribution in [2.75, 3.05) is 46.6 Å². The van der Waals surface area contributed by atoms with Crippen LogP contribution >= 0.6 is 0 Å². The summed E-state index contributed by atoms with van der Waals surface area (Å²) in [5.74, 6) is 0. The van der Waals surface area contributed by atoms with E-state index in [9.17, 15) is 0 Å². The van der Waals surface area contributed by atoms with Crippen LogP contribution in [0.5, 0.6) is 0 Å². The first-order valence-corrected chi connectivity index (χ1v) is 5.33. The molecule has 0 bridgehead atoms. The molecule has 0 aliphatic heterocycles. The lowest BCUT2D eigenvalue weighted by molar-refractivity contribution is -0.116. The molecule has 15 heavy (non-hydrogen) atoms. The predicted octanol–water partition coefficient (Wildman–Crippen LogP) is 0.760. The fraction of sp³-hybridized carbons (Fsp3) is 1.00. The van der Waals surface area contributed by atoms with Crippen molar-refractivity contribution in [2.24, 2.45) is 0 Å². The number of unbranched alkanes of at least 4 members (excludes halogenated alkanes) is 1. The molecule has 0 fully saturated rings. The molecule has 0 aromatic carbocycles. The minimum absolute atomic E-state index is 0.104. The molecule has 0 spiro atoms. The Morgan fingerprint density at radius 2 is 1.40 bits per heavy atom. The Bertz CT molecular complexity index is 98.0. The fourth-order valence-electron chi connectivity index (χ4n) is 0.841. The molecule has 0 rings (SSSR count). The van der Waals surface area contributed by atoms with Crippen LogP contribution in [0, 0.1) is 0 Å². The van der Waals surface area contributed by atoms with E-state index in [1.54, 1.807) is 0 Å². The van der Waals surface area contributed by atoms with Crippen LogP contribution in [-0.2, 0) is 18.9 Å². The molecule has 0 aromatic heterocycles. The smallest absolute Gasteiger partial charge is 0.149 e. The molecule has 0 heterocycles. The first-order chi connectivity index (χ1) is 7.41. The molecular formula is C10H22O5. The lowest BCUT2D eigenvalue weighted by Crippen LogP contribution is -2.11. The summed E-state index contributed by atoms with van der Waals surface area (Å²) in [7, 11) is 0. The van der Waals surface area contributed by atoms with Gasteiger partial charge in [0.25, 0.3) is 0 Å². The van der Waals surface area contributed by atoms with E-state index in [4.69, 9.17) is 19.3 Å². The van der Waals surface area contributed by atoms with Crippen LogP contribution < -0.4 is 0 Å². The van der Waals surface area contributed by atoms with E-state index in [0.29, 0.717) is 26.4 Å². The molecule has 0 amide bonds. The molecular weight excluding hydrogens is 200 g/mol. The highest BCUT2D eigenvalue weighted by molar-refractivity contribution is 4.34. The summed E-state index contributed by atoms with van der Waals surface area (Å²) in [6.45, 7) is 4.94. The van der Waals surface area contributed by atoms with Gasteiger partial charge in [0.2, 0.25) is 0 Å². The van der Waals surface area contributed by atoms with Gasteiger partial charge in [-0.1, -0.05) is 13.3 Å². The van der Waals surface area contributed by atoms with E-state index in [2.05, 4.69) is 11.7 Å². The van der Waals surface area contributed by atoms with Gasteiger partial charge in [0.1, 0.15) is 13.6 Å². The summed E-state index contributed by atoms with van der Waals surface area (Å²) >= 11 is 0. The van der Waals surface area contributed by atoms with E-state index in [-0.39, 0.29) is 13.6 Å². The van der Waals surface area contributed by atoms with E-state index in [1.165, 1.54) is 0 Å². The first-order valence-electron chi connectivity index (χ1n) is 5.33. The average Bonchev–Trinajstić information content (AvgIpc) is 2.26. The Hall–Kier alpha value is -0.200. The van der Waals surface area contributed by atoms with Crippen molar-refractivity contribution in [1.29, 1.82) is 0 Å². The minimum atomic E-state index is -0.313. The molecule has 0 saturated carbocycles. The fourth-order valence-corrected chi connectivity index (χ4v) is 0.841. The molecule has 5 nitrogen and oxygen atoms in total. The van der Waals surface area contributed by atoms with Gasteiger partial charge < -0.3 is 24.1 Å². The van der Waals surface area contributed by atoms with Crippen LogP contribution in [0.25, 0.3) is 0 Å². The van der Waals surface area contributed by atoms with Crippen LogP contribution in [0.3, 0.4) is 0 Å². The maximum atomic E-state index is 8.26. The van der Waals surface area contributed by atoms with E-state index < -0.39 is 0 Å². The number of rotatable bonds is 12. The van der Waals surface area contributed by atoms with Crippen LogP contribution in [0.1, 0.15) is 19.8 Å². The zero-order valence-electron chi connectivity index (χ0n) is 9.44. The Balaban J connectivity index is 2.81. The third-order valence-electron chi connectivity index (χ3n) is 1.64.